The molecule has 0 atom stereocenters. The lowest BCUT2D eigenvalue weighted by Crippen LogP contribution is -2.49. The monoisotopic (exact) mass is 364 g/mol. The molecule has 0 aliphatic carbocycles. The molecular weight excluding hydrogens is 343 g/mol. The molecule has 2 heterocycles. The maximum atomic E-state index is 14.2. The van der Waals surface area contributed by atoms with Crippen LogP contribution in [0.5, 0.6) is 0 Å². The molecule has 0 spiro atoms. The van der Waals surface area contributed by atoms with E-state index in [2.05, 4.69) is 9.88 Å². The third-order valence-electron chi connectivity index (χ3n) is 4.88. The van der Waals surface area contributed by atoms with Gasteiger partial charge < -0.3 is 9.80 Å². The molecule has 1 aliphatic heterocycles. The Bertz CT molecular complexity index is 943. The third-order valence-corrected chi connectivity index (χ3v) is 4.88. The van der Waals surface area contributed by atoms with Gasteiger partial charge in [0.05, 0.1) is 5.69 Å². The molecule has 0 bridgehead atoms. The number of rotatable bonds is 3. The van der Waals surface area contributed by atoms with Gasteiger partial charge in [0.15, 0.2) is 0 Å². The lowest BCUT2D eigenvalue weighted by molar-refractivity contribution is 0.0746. The van der Waals surface area contributed by atoms with Crippen molar-refractivity contribution < 1.29 is 9.18 Å². The minimum absolute atomic E-state index is 0.0482. The predicted octanol–water partition coefficient (Wildman–Crippen LogP) is 3.28. The number of nitrogens with zero attached hydrogens (tertiary/aromatic N) is 4. The molecule has 1 aliphatic rings. The number of carbonyl (C=O) groups is 1. The number of aryl methyl sites for hydroxylation is 1. The van der Waals surface area contributed by atoms with Crippen molar-refractivity contribution in [1.82, 2.24) is 14.5 Å². The Hall–Kier alpha value is -3.15. The van der Waals surface area contributed by atoms with Crippen molar-refractivity contribution in [2.45, 2.75) is 6.92 Å². The zero-order valence-electron chi connectivity index (χ0n) is 15.2. The standard InChI is InChI=1S/C21H21FN4O/c1-16-6-8-17(9-7-16)20(27)24-12-14-25(15-13-24)21-23-10-11-26(21)19-5-3-2-4-18(19)22/h2-11H,12-15H2,1H3. The van der Waals surface area contributed by atoms with Crippen LogP contribution in [0.2, 0.25) is 0 Å². The number of para-hydroxylation sites is 1. The largest absolute Gasteiger partial charge is 0.338 e. The first kappa shape index (κ1) is 17.3. The Kier molecular flexibility index (Phi) is 4.62. The summed E-state index contributed by atoms with van der Waals surface area (Å²) in [4.78, 5) is 21.0. The second kappa shape index (κ2) is 7.23. The number of halogens is 1. The normalized spacial score (nSPS) is 14.4. The van der Waals surface area contributed by atoms with Gasteiger partial charge in [-0.25, -0.2) is 9.37 Å². The first-order valence-electron chi connectivity index (χ1n) is 9.02. The van der Waals surface area contributed by atoms with Gasteiger partial charge in [0.25, 0.3) is 5.91 Å². The van der Waals surface area contributed by atoms with Crippen molar-refractivity contribution in [2.75, 3.05) is 31.1 Å². The molecule has 27 heavy (non-hydrogen) atoms. The molecular formula is C21H21FN4O. The van der Waals surface area contributed by atoms with E-state index in [1.807, 2.05) is 36.1 Å². The van der Waals surface area contributed by atoms with Gasteiger partial charge in [0, 0.05) is 44.1 Å². The van der Waals surface area contributed by atoms with Crippen LogP contribution in [0.4, 0.5) is 10.3 Å². The molecule has 6 heteroatoms. The molecule has 5 nitrogen and oxygen atoms in total. The Morgan fingerprint density at radius 1 is 1.00 bits per heavy atom. The first-order valence-corrected chi connectivity index (χ1v) is 9.02. The number of piperazine rings is 1. The number of imidazole rings is 1. The van der Waals surface area contributed by atoms with Crippen molar-refractivity contribution in [3.8, 4) is 5.69 Å². The van der Waals surface area contributed by atoms with Crippen molar-refractivity contribution in [1.29, 1.82) is 0 Å². The molecule has 0 radical (unpaired) electrons. The number of carbonyl (C=O) groups excluding carboxylic acids is 1. The zero-order valence-corrected chi connectivity index (χ0v) is 15.2. The van der Waals surface area contributed by atoms with E-state index >= 15 is 0 Å². The van der Waals surface area contributed by atoms with Crippen molar-refractivity contribution in [2.24, 2.45) is 0 Å². The Balaban J connectivity index is 1.48. The fraction of sp³-hybridized carbons (Fsp3) is 0.238. The molecule has 0 unspecified atom stereocenters. The van der Waals surface area contributed by atoms with Gasteiger partial charge >= 0.3 is 0 Å². The van der Waals surface area contributed by atoms with Gasteiger partial charge in [-0.3, -0.25) is 9.36 Å². The predicted molar refractivity (Wildman–Crippen MR) is 103 cm³/mol. The topological polar surface area (TPSA) is 41.4 Å². The number of hydrogen-bond donors (Lipinski definition) is 0. The Morgan fingerprint density at radius 2 is 1.70 bits per heavy atom. The first-order chi connectivity index (χ1) is 13.1. The van der Waals surface area contributed by atoms with E-state index in [1.165, 1.54) is 6.07 Å². The van der Waals surface area contributed by atoms with Gasteiger partial charge in [-0.05, 0) is 31.2 Å². The van der Waals surface area contributed by atoms with Crippen LogP contribution in [-0.4, -0.2) is 46.5 Å². The van der Waals surface area contributed by atoms with E-state index in [-0.39, 0.29) is 11.7 Å². The summed E-state index contributed by atoms with van der Waals surface area (Å²) < 4.78 is 15.9. The third kappa shape index (κ3) is 3.43. The fourth-order valence-electron chi connectivity index (χ4n) is 3.35. The van der Waals surface area contributed by atoms with E-state index in [9.17, 15) is 9.18 Å². The SMILES string of the molecule is Cc1ccc(C(=O)N2CCN(c3nccn3-c3ccccc3F)CC2)cc1. The molecule has 2 aromatic carbocycles. The number of amides is 1. The molecule has 4 rings (SSSR count). The highest BCUT2D eigenvalue weighted by Crippen LogP contribution is 2.22. The van der Waals surface area contributed by atoms with Crippen LogP contribution in [0, 0.1) is 12.7 Å². The summed E-state index contributed by atoms with van der Waals surface area (Å²) in [6.45, 7) is 4.53. The van der Waals surface area contributed by atoms with E-state index in [0.717, 1.165) is 5.56 Å². The second-order valence-electron chi connectivity index (χ2n) is 6.69. The number of hydrogen-bond acceptors (Lipinski definition) is 3. The minimum Gasteiger partial charge on any atom is -0.338 e. The van der Waals surface area contributed by atoms with Gasteiger partial charge in [0.1, 0.15) is 5.82 Å². The smallest absolute Gasteiger partial charge is 0.253 e. The second-order valence-corrected chi connectivity index (χ2v) is 6.69. The highest BCUT2D eigenvalue weighted by Gasteiger charge is 2.25. The average molecular weight is 364 g/mol. The number of aromatic nitrogens is 2. The summed E-state index contributed by atoms with van der Waals surface area (Å²) in [7, 11) is 0. The number of benzene rings is 2. The number of anilines is 1. The van der Waals surface area contributed by atoms with Crippen LogP contribution in [0.1, 0.15) is 15.9 Å². The van der Waals surface area contributed by atoms with E-state index in [1.54, 1.807) is 35.2 Å². The van der Waals surface area contributed by atoms with Crippen molar-refractivity contribution in [3.63, 3.8) is 0 Å². The molecule has 3 aromatic rings. The Labute approximate surface area is 157 Å². The van der Waals surface area contributed by atoms with Gasteiger partial charge in [-0.2, -0.15) is 0 Å². The van der Waals surface area contributed by atoms with Crippen LogP contribution >= 0.6 is 0 Å². The van der Waals surface area contributed by atoms with E-state index in [0.29, 0.717) is 43.4 Å². The summed E-state index contributed by atoms with van der Waals surface area (Å²) in [5.74, 6) is 0.458. The molecule has 1 saturated heterocycles. The molecule has 1 fully saturated rings. The quantitative estimate of drug-likeness (QED) is 0.716. The van der Waals surface area contributed by atoms with Crippen molar-refractivity contribution >= 4 is 11.9 Å². The highest BCUT2D eigenvalue weighted by molar-refractivity contribution is 5.94. The molecule has 1 aromatic heterocycles. The molecule has 138 valence electrons. The van der Waals surface area contributed by atoms with Crippen LogP contribution in [0.15, 0.2) is 60.9 Å². The maximum absolute atomic E-state index is 14.2. The lowest BCUT2D eigenvalue weighted by atomic mass is 10.1. The lowest BCUT2D eigenvalue weighted by Gasteiger charge is -2.35. The molecule has 1 amide bonds. The van der Waals surface area contributed by atoms with Crippen LogP contribution < -0.4 is 4.90 Å². The van der Waals surface area contributed by atoms with E-state index in [4.69, 9.17) is 0 Å². The minimum atomic E-state index is -0.287. The molecule has 0 saturated carbocycles. The maximum Gasteiger partial charge on any atom is 0.253 e. The average Bonchev–Trinajstić information content (AvgIpc) is 3.18. The summed E-state index contributed by atoms with van der Waals surface area (Å²) in [6, 6.07) is 14.3. The summed E-state index contributed by atoms with van der Waals surface area (Å²) in [6.07, 6.45) is 3.43. The van der Waals surface area contributed by atoms with Crippen molar-refractivity contribution in [3.05, 3.63) is 77.9 Å². The van der Waals surface area contributed by atoms with Gasteiger partial charge in [-0.1, -0.05) is 29.8 Å². The highest BCUT2D eigenvalue weighted by atomic mass is 19.1. The molecule has 0 N–H and O–H groups in total. The summed E-state index contributed by atoms with van der Waals surface area (Å²) in [5, 5.41) is 0. The Morgan fingerprint density at radius 3 is 2.41 bits per heavy atom. The van der Waals surface area contributed by atoms with Crippen LogP contribution in [0.3, 0.4) is 0 Å². The van der Waals surface area contributed by atoms with Gasteiger partial charge in [0.2, 0.25) is 5.95 Å². The zero-order chi connectivity index (χ0) is 18.8. The van der Waals surface area contributed by atoms with Crippen LogP contribution in [-0.2, 0) is 0 Å². The van der Waals surface area contributed by atoms with Gasteiger partial charge in [-0.15, -0.1) is 0 Å². The van der Waals surface area contributed by atoms with E-state index < -0.39 is 0 Å². The summed E-state index contributed by atoms with van der Waals surface area (Å²) >= 11 is 0. The fourth-order valence-corrected chi connectivity index (χ4v) is 3.35. The van der Waals surface area contributed by atoms with Crippen LogP contribution in [0.25, 0.3) is 5.69 Å². The summed E-state index contributed by atoms with van der Waals surface area (Å²) in [5.41, 5.74) is 2.32.